The van der Waals surface area contributed by atoms with E-state index in [1.807, 2.05) is 18.2 Å². The first kappa shape index (κ1) is 13.7. The monoisotopic (exact) mass is 310 g/mol. The third kappa shape index (κ3) is 3.40. The van der Waals surface area contributed by atoms with Gasteiger partial charge in [-0.25, -0.2) is 0 Å². The second-order valence-electron chi connectivity index (χ2n) is 4.75. The number of Topliss-reactive ketones (excluding diaryl/α,β-unsaturated/α-hetero) is 1. The van der Waals surface area contributed by atoms with Gasteiger partial charge in [-0.15, -0.1) is 0 Å². The molecule has 0 aliphatic carbocycles. The zero-order valence-electron chi connectivity index (χ0n) is 10.5. The van der Waals surface area contributed by atoms with Gasteiger partial charge in [-0.1, -0.05) is 28.1 Å². The van der Waals surface area contributed by atoms with Gasteiger partial charge in [0, 0.05) is 23.0 Å². The van der Waals surface area contributed by atoms with Crippen LogP contribution in [0.25, 0.3) is 0 Å². The number of hydrogen-bond acceptors (Lipinski definition) is 3. The number of ketones is 1. The van der Waals surface area contributed by atoms with Gasteiger partial charge in [0.1, 0.15) is 0 Å². The van der Waals surface area contributed by atoms with Crippen LogP contribution >= 0.6 is 15.9 Å². The van der Waals surface area contributed by atoms with Gasteiger partial charge >= 0.3 is 0 Å². The van der Waals surface area contributed by atoms with Gasteiger partial charge in [0.25, 0.3) is 0 Å². The molecule has 1 aliphatic rings. The molecular formula is C14H19BrN2O. The summed E-state index contributed by atoms with van der Waals surface area (Å²) in [5, 5.41) is 0. The summed E-state index contributed by atoms with van der Waals surface area (Å²) in [5.41, 5.74) is 7.40. The van der Waals surface area contributed by atoms with Crippen LogP contribution in [-0.4, -0.2) is 30.3 Å². The van der Waals surface area contributed by atoms with Gasteiger partial charge in [0.05, 0.1) is 0 Å². The average Bonchev–Trinajstić information content (AvgIpc) is 2.85. The fraction of sp³-hybridized carbons (Fsp3) is 0.500. The number of nitrogens with two attached hydrogens (primary N) is 1. The molecule has 3 nitrogen and oxygen atoms in total. The summed E-state index contributed by atoms with van der Waals surface area (Å²) in [6.07, 6.45) is 3.01. The first-order valence-electron chi connectivity index (χ1n) is 6.45. The molecule has 1 saturated heterocycles. The van der Waals surface area contributed by atoms with Crippen LogP contribution < -0.4 is 5.73 Å². The molecule has 1 heterocycles. The molecule has 98 valence electrons. The van der Waals surface area contributed by atoms with Gasteiger partial charge in [-0.05, 0) is 44.1 Å². The van der Waals surface area contributed by atoms with E-state index in [1.54, 1.807) is 0 Å². The standard InChI is InChI=1S/C14H19BrN2O/c15-13-9-11(14(18)5-6-16)3-4-12(13)10-17-7-1-2-8-17/h3-4,9H,1-2,5-8,10,16H2. The number of hydrogen-bond donors (Lipinski definition) is 1. The summed E-state index contributed by atoms with van der Waals surface area (Å²) >= 11 is 3.56. The lowest BCUT2D eigenvalue weighted by Gasteiger charge is -2.16. The number of carbonyl (C=O) groups excluding carboxylic acids is 1. The molecule has 0 amide bonds. The van der Waals surface area contributed by atoms with Crippen molar-refractivity contribution in [2.24, 2.45) is 5.73 Å². The van der Waals surface area contributed by atoms with E-state index in [1.165, 1.54) is 31.5 Å². The van der Waals surface area contributed by atoms with Gasteiger partial charge in [0.2, 0.25) is 0 Å². The van der Waals surface area contributed by atoms with E-state index in [4.69, 9.17) is 5.73 Å². The zero-order valence-corrected chi connectivity index (χ0v) is 12.1. The SMILES string of the molecule is NCCC(=O)c1ccc(CN2CCCC2)c(Br)c1. The van der Waals surface area contributed by atoms with E-state index in [-0.39, 0.29) is 5.78 Å². The topological polar surface area (TPSA) is 46.3 Å². The molecule has 0 atom stereocenters. The van der Waals surface area contributed by atoms with Crippen molar-refractivity contribution < 1.29 is 4.79 Å². The molecule has 18 heavy (non-hydrogen) atoms. The summed E-state index contributed by atoms with van der Waals surface area (Å²) in [5.74, 6) is 0.117. The minimum absolute atomic E-state index is 0.117. The normalized spacial score (nSPS) is 16.1. The minimum Gasteiger partial charge on any atom is -0.330 e. The number of halogens is 1. The van der Waals surface area contributed by atoms with Gasteiger partial charge in [0.15, 0.2) is 5.78 Å². The summed E-state index contributed by atoms with van der Waals surface area (Å²) < 4.78 is 1.03. The third-order valence-corrected chi connectivity index (χ3v) is 4.08. The van der Waals surface area contributed by atoms with Crippen LogP contribution in [0.2, 0.25) is 0 Å². The summed E-state index contributed by atoms with van der Waals surface area (Å²) in [6, 6.07) is 5.88. The largest absolute Gasteiger partial charge is 0.330 e. The number of carbonyl (C=O) groups is 1. The second kappa shape index (κ2) is 6.45. The number of benzene rings is 1. The molecule has 1 fully saturated rings. The van der Waals surface area contributed by atoms with Crippen molar-refractivity contribution in [3.63, 3.8) is 0 Å². The molecular weight excluding hydrogens is 292 g/mol. The van der Waals surface area contributed by atoms with Crippen molar-refractivity contribution in [1.29, 1.82) is 0 Å². The van der Waals surface area contributed by atoms with Crippen LogP contribution in [0.4, 0.5) is 0 Å². The quantitative estimate of drug-likeness (QED) is 0.850. The van der Waals surface area contributed by atoms with Gasteiger partial charge in [-0.3, -0.25) is 9.69 Å². The molecule has 2 N–H and O–H groups in total. The Labute approximate surface area is 116 Å². The van der Waals surface area contributed by atoms with Crippen LogP contribution in [0.1, 0.15) is 35.2 Å². The highest BCUT2D eigenvalue weighted by Crippen LogP contribution is 2.22. The molecule has 4 heteroatoms. The summed E-state index contributed by atoms with van der Waals surface area (Å²) in [6.45, 7) is 3.73. The van der Waals surface area contributed by atoms with E-state index >= 15 is 0 Å². The van der Waals surface area contributed by atoms with Crippen LogP contribution in [0.5, 0.6) is 0 Å². The van der Waals surface area contributed by atoms with Gasteiger partial charge < -0.3 is 5.73 Å². The van der Waals surface area contributed by atoms with E-state index in [2.05, 4.69) is 20.8 Å². The second-order valence-corrected chi connectivity index (χ2v) is 5.61. The van der Waals surface area contributed by atoms with Crippen LogP contribution in [0.3, 0.4) is 0 Å². The first-order chi connectivity index (χ1) is 8.70. The van der Waals surface area contributed by atoms with Crippen molar-refractivity contribution in [2.75, 3.05) is 19.6 Å². The lowest BCUT2D eigenvalue weighted by atomic mass is 10.1. The predicted molar refractivity (Wildman–Crippen MR) is 76.7 cm³/mol. The molecule has 1 aliphatic heterocycles. The van der Waals surface area contributed by atoms with Crippen LogP contribution in [0, 0.1) is 0 Å². The summed E-state index contributed by atoms with van der Waals surface area (Å²) in [4.78, 5) is 14.2. The molecule has 0 saturated carbocycles. The zero-order chi connectivity index (χ0) is 13.0. The van der Waals surface area contributed by atoms with Gasteiger partial charge in [-0.2, -0.15) is 0 Å². The highest BCUT2D eigenvalue weighted by atomic mass is 79.9. The summed E-state index contributed by atoms with van der Waals surface area (Å²) in [7, 11) is 0. The molecule has 0 bridgehead atoms. The molecule has 0 spiro atoms. The van der Waals surface area contributed by atoms with Crippen molar-refractivity contribution >= 4 is 21.7 Å². The number of likely N-dealkylation sites (tertiary alicyclic amines) is 1. The fourth-order valence-corrected chi connectivity index (χ4v) is 2.81. The lowest BCUT2D eigenvalue weighted by Crippen LogP contribution is -2.18. The maximum absolute atomic E-state index is 11.7. The Balaban J connectivity index is 2.06. The molecule has 0 radical (unpaired) electrons. The smallest absolute Gasteiger partial charge is 0.164 e. The molecule has 1 aromatic rings. The Morgan fingerprint density at radius 1 is 1.33 bits per heavy atom. The predicted octanol–water partition coefficient (Wildman–Crippen LogP) is 2.58. The maximum Gasteiger partial charge on any atom is 0.164 e. The Hall–Kier alpha value is -0.710. The van der Waals surface area contributed by atoms with E-state index in [0.717, 1.165) is 16.6 Å². The number of rotatable bonds is 5. The van der Waals surface area contributed by atoms with Crippen molar-refractivity contribution in [1.82, 2.24) is 4.90 Å². The van der Waals surface area contributed by atoms with E-state index in [9.17, 15) is 4.79 Å². The molecule has 2 rings (SSSR count). The molecule has 0 aromatic heterocycles. The minimum atomic E-state index is 0.117. The fourth-order valence-electron chi connectivity index (χ4n) is 2.31. The Kier molecular flexibility index (Phi) is 4.92. The van der Waals surface area contributed by atoms with Crippen LogP contribution in [-0.2, 0) is 6.54 Å². The Morgan fingerprint density at radius 2 is 2.06 bits per heavy atom. The van der Waals surface area contributed by atoms with Crippen molar-refractivity contribution in [3.8, 4) is 0 Å². The highest BCUT2D eigenvalue weighted by molar-refractivity contribution is 9.10. The molecule has 0 unspecified atom stereocenters. The van der Waals surface area contributed by atoms with Crippen molar-refractivity contribution in [3.05, 3.63) is 33.8 Å². The Bertz CT molecular complexity index is 428. The van der Waals surface area contributed by atoms with Crippen LogP contribution in [0.15, 0.2) is 22.7 Å². The van der Waals surface area contributed by atoms with Crippen molar-refractivity contribution in [2.45, 2.75) is 25.8 Å². The molecule has 1 aromatic carbocycles. The number of nitrogens with zero attached hydrogens (tertiary/aromatic N) is 1. The highest BCUT2D eigenvalue weighted by Gasteiger charge is 2.14. The first-order valence-corrected chi connectivity index (χ1v) is 7.24. The maximum atomic E-state index is 11.7. The Morgan fingerprint density at radius 3 is 2.67 bits per heavy atom. The third-order valence-electron chi connectivity index (χ3n) is 3.34. The van der Waals surface area contributed by atoms with E-state index in [0.29, 0.717) is 13.0 Å². The average molecular weight is 311 g/mol. The lowest BCUT2D eigenvalue weighted by molar-refractivity contribution is 0.0985. The van der Waals surface area contributed by atoms with E-state index < -0.39 is 0 Å².